The molecule has 1 saturated heterocycles. The highest BCUT2D eigenvalue weighted by Gasteiger charge is 2.29. The molecule has 0 aliphatic carbocycles. The normalized spacial score (nSPS) is 17.3. The van der Waals surface area contributed by atoms with Gasteiger partial charge in [-0.25, -0.2) is 21.9 Å². The molecule has 25 heavy (non-hydrogen) atoms. The van der Waals surface area contributed by atoms with E-state index >= 15 is 0 Å². The van der Waals surface area contributed by atoms with E-state index < -0.39 is 27.5 Å². The monoisotopic (exact) mass is 372 g/mol. The SMILES string of the molecule is CC(C)(C)OC(=O)NC1CCN(S(=O)(=O)Cc2cccc(F)c2)CC1. The molecule has 0 radical (unpaired) electrons. The zero-order chi connectivity index (χ0) is 18.7. The number of hydrogen-bond acceptors (Lipinski definition) is 4. The summed E-state index contributed by atoms with van der Waals surface area (Å²) in [5, 5.41) is 2.77. The molecule has 0 bridgehead atoms. The summed E-state index contributed by atoms with van der Waals surface area (Å²) >= 11 is 0. The third kappa shape index (κ3) is 6.28. The van der Waals surface area contributed by atoms with Gasteiger partial charge in [-0.3, -0.25) is 0 Å². The van der Waals surface area contributed by atoms with Crippen molar-refractivity contribution in [3.63, 3.8) is 0 Å². The first-order valence-corrected chi connectivity index (χ1v) is 9.88. The minimum Gasteiger partial charge on any atom is -0.444 e. The molecule has 0 atom stereocenters. The Kier molecular flexibility index (Phi) is 6.05. The Morgan fingerprint density at radius 1 is 1.32 bits per heavy atom. The van der Waals surface area contributed by atoms with Crippen LogP contribution in [0.5, 0.6) is 0 Å². The Labute approximate surface area is 148 Å². The maximum absolute atomic E-state index is 13.2. The predicted octanol–water partition coefficient (Wildman–Crippen LogP) is 2.64. The fraction of sp³-hybridized carbons (Fsp3) is 0.588. The zero-order valence-electron chi connectivity index (χ0n) is 14.8. The molecule has 1 aromatic carbocycles. The third-order valence-corrected chi connectivity index (χ3v) is 5.66. The van der Waals surface area contributed by atoms with Crippen LogP contribution < -0.4 is 5.32 Å². The summed E-state index contributed by atoms with van der Waals surface area (Å²) in [5.74, 6) is -0.678. The van der Waals surface area contributed by atoms with Crippen molar-refractivity contribution in [2.24, 2.45) is 0 Å². The van der Waals surface area contributed by atoms with Crippen LogP contribution in [0.15, 0.2) is 24.3 Å². The standard InChI is InChI=1S/C17H25FN2O4S/c1-17(2,3)24-16(21)19-15-7-9-20(10-8-15)25(22,23)12-13-5-4-6-14(18)11-13/h4-6,11,15H,7-10,12H2,1-3H3,(H,19,21). The van der Waals surface area contributed by atoms with E-state index in [9.17, 15) is 17.6 Å². The van der Waals surface area contributed by atoms with Crippen molar-refractivity contribution in [1.82, 2.24) is 9.62 Å². The van der Waals surface area contributed by atoms with Gasteiger partial charge in [0.15, 0.2) is 0 Å². The molecule has 1 N–H and O–H groups in total. The molecule has 0 aromatic heterocycles. The highest BCUT2D eigenvalue weighted by atomic mass is 32.2. The number of hydrogen-bond donors (Lipinski definition) is 1. The van der Waals surface area contributed by atoms with E-state index in [0.29, 0.717) is 31.5 Å². The molecular formula is C17H25FN2O4S. The Morgan fingerprint density at radius 3 is 2.52 bits per heavy atom. The van der Waals surface area contributed by atoms with E-state index in [2.05, 4.69) is 5.32 Å². The number of alkyl carbamates (subject to hydrolysis) is 1. The summed E-state index contributed by atoms with van der Waals surface area (Å²) in [6, 6.07) is 5.49. The molecule has 140 valence electrons. The van der Waals surface area contributed by atoms with E-state index in [1.807, 2.05) is 0 Å². The number of nitrogens with one attached hydrogen (secondary N) is 1. The summed E-state index contributed by atoms with van der Waals surface area (Å²) in [7, 11) is -3.51. The molecule has 0 spiro atoms. The molecule has 1 aliphatic rings. The van der Waals surface area contributed by atoms with Gasteiger partial charge in [0.25, 0.3) is 0 Å². The van der Waals surface area contributed by atoms with Gasteiger partial charge in [0.1, 0.15) is 11.4 Å². The van der Waals surface area contributed by atoms with Crippen LogP contribution >= 0.6 is 0 Å². The molecule has 8 heteroatoms. The van der Waals surface area contributed by atoms with Crippen molar-refractivity contribution in [2.45, 2.75) is 51.0 Å². The first-order valence-electron chi connectivity index (χ1n) is 8.27. The Balaban J connectivity index is 1.87. The van der Waals surface area contributed by atoms with Crippen LogP contribution in [0.1, 0.15) is 39.2 Å². The van der Waals surface area contributed by atoms with Crippen LogP contribution in [0.2, 0.25) is 0 Å². The number of nitrogens with zero attached hydrogens (tertiary/aromatic N) is 1. The number of benzene rings is 1. The highest BCUT2D eigenvalue weighted by Crippen LogP contribution is 2.18. The quantitative estimate of drug-likeness (QED) is 0.882. The average molecular weight is 372 g/mol. The van der Waals surface area contributed by atoms with Gasteiger partial charge in [-0.1, -0.05) is 12.1 Å². The summed E-state index contributed by atoms with van der Waals surface area (Å²) in [6.45, 7) is 5.99. The van der Waals surface area contributed by atoms with Gasteiger partial charge in [0.05, 0.1) is 5.75 Å². The fourth-order valence-corrected chi connectivity index (χ4v) is 4.23. The molecule has 6 nitrogen and oxygen atoms in total. The maximum atomic E-state index is 13.2. The number of piperidine rings is 1. The van der Waals surface area contributed by atoms with Gasteiger partial charge in [0.2, 0.25) is 10.0 Å². The van der Waals surface area contributed by atoms with Crippen LogP contribution in [0.25, 0.3) is 0 Å². The lowest BCUT2D eigenvalue weighted by Gasteiger charge is -2.32. The lowest BCUT2D eigenvalue weighted by molar-refractivity contribution is 0.0489. The van der Waals surface area contributed by atoms with Crippen molar-refractivity contribution in [2.75, 3.05) is 13.1 Å². The lowest BCUT2D eigenvalue weighted by atomic mass is 10.1. The largest absolute Gasteiger partial charge is 0.444 e. The second-order valence-electron chi connectivity index (χ2n) is 7.21. The molecule has 1 heterocycles. The van der Waals surface area contributed by atoms with Gasteiger partial charge in [-0.2, -0.15) is 0 Å². The molecular weight excluding hydrogens is 347 g/mol. The number of carbonyl (C=O) groups is 1. The smallest absolute Gasteiger partial charge is 0.407 e. The number of halogens is 1. The third-order valence-electron chi connectivity index (χ3n) is 3.81. The van der Waals surface area contributed by atoms with Crippen molar-refractivity contribution < 1.29 is 22.3 Å². The van der Waals surface area contributed by atoms with Crippen molar-refractivity contribution in [3.8, 4) is 0 Å². The fourth-order valence-electron chi connectivity index (χ4n) is 2.68. The van der Waals surface area contributed by atoms with Gasteiger partial charge < -0.3 is 10.1 Å². The molecule has 0 saturated carbocycles. The number of amides is 1. The summed E-state index contributed by atoms with van der Waals surface area (Å²) in [5.41, 5.74) is -0.145. The zero-order valence-corrected chi connectivity index (χ0v) is 15.6. The van der Waals surface area contributed by atoms with Crippen LogP contribution in [0.4, 0.5) is 9.18 Å². The lowest BCUT2D eigenvalue weighted by Crippen LogP contribution is -2.47. The Bertz CT molecular complexity index is 708. The highest BCUT2D eigenvalue weighted by molar-refractivity contribution is 7.88. The number of rotatable bonds is 4. The van der Waals surface area contributed by atoms with Crippen molar-refractivity contribution in [3.05, 3.63) is 35.6 Å². The Morgan fingerprint density at radius 2 is 1.96 bits per heavy atom. The van der Waals surface area contributed by atoms with Gasteiger partial charge in [-0.05, 0) is 51.3 Å². The van der Waals surface area contributed by atoms with Gasteiger partial charge >= 0.3 is 6.09 Å². The Hall–Kier alpha value is -1.67. The van der Waals surface area contributed by atoms with Crippen molar-refractivity contribution in [1.29, 1.82) is 0 Å². The van der Waals surface area contributed by atoms with E-state index in [4.69, 9.17) is 4.74 Å². The average Bonchev–Trinajstić information content (AvgIpc) is 2.45. The van der Waals surface area contributed by atoms with Gasteiger partial charge in [-0.15, -0.1) is 0 Å². The van der Waals surface area contributed by atoms with E-state index in [-0.39, 0.29) is 11.8 Å². The molecule has 1 fully saturated rings. The summed E-state index contributed by atoms with van der Waals surface area (Å²) in [4.78, 5) is 11.8. The molecule has 1 aromatic rings. The second kappa shape index (κ2) is 7.70. The van der Waals surface area contributed by atoms with Crippen LogP contribution in [-0.4, -0.2) is 43.5 Å². The molecule has 1 aliphatic heterocycles. The van der Waals surface area contributed by atoms with Crippen LogP contribution in [0.3, 0.4) is 0 Å². The van der Waals surface area contributed by atoms with Crippen LogP contribution in [0, 0.1) is 5.82 Å². The minimum atomic E-state index is -3.51. The summed E-state index contributed by atoms with van der Waals surface area (Å²) in [6.07, 6.45) is 0.539. The number of ether oxygens (including phenoxy) is 1. The molecule has 0 unspecified atom stereocenters. The van der Waals surface area contributed by atoms with Gasteiger partial charge in [0, 0.05) is 19.1 Å². The van der Waals surface area contributed by atoms with Crippen LogP contribution in [-0.2, 0) is 20.5 Å². The first kappa shape index (κ1) is 19.7. The van der Waals surface area contributed by atoms with E-state index in [0.717, 1.165) is 0 Å². The summed E-state index contributed by atoms with van der Waals surface area (Å²) < 4.78 is 44.8. The van der Waals surface area contributed by atoms with E-state index in [1.54, 1.807) is 26.8 Å². The second-order valence-corrected chi connectivity index (χ2v) is 9.17. The number of sulfonamides is 1. The van der Waals surface area contributed by atoms with E-state index in [1.165, 1.54) is 22.5 Å². The topological polar surface area (TPSA) is 75.7 Å². The number of carbonyl (C=O) groups excluding carboxylic acids is 1. The predicted molar refractivity (Wildman–Crippen MR) is 93.0 cm³/mol. The first-order chi connectivity index (χ1) is 11.5. The maximum Gasteiger partial charge on any atom is 0.407 e. The minimum absolute atomic E-state index is 0.115. The molecule has 1 amide bonds. The van der Waals surface area contributed by atoms with Crippen molar-refractivity contribution >= 4 is 16.1 Å². The molecule has 2 rings (SSSR count).